The van der Waals surface area contributed by atoms with E-state index in [2.05, 4.69) is 0 Å². The van der Waals surface area contributed by atoms with Gasteiger partial charge in [0.05, 0.1) is 11.2 Å². The van der Waals surface area contributed by atoms with Crippen LogP contribution in [0.1, 0.15) is 38.8 Å². The Bertz CT molecular complexity index is 786. The molecule has 5 heteroatoms. The SMILES string of the molecule is CC1(C)OB(C(F)=C(c2ccccc2)c2ccccc2N)OC1(C)C. The van der Waals surface area contributed by atoms with Crippen LogP contribution in [0, 0.1) is 0 Å². The van der Waals surface area contributed by atoms with Gasteiger partial charge in [0.1, 0.15) is 5.73 Å². The number of nitrogen functional groups attached to an aromatic ring is 1. The number of para-hydroxylation sites is 1. The molecule has 1 heterocycles. The smallest absolute Gasteiger partial charge is 0.398 e. The largest absolute Gasteiger partial charge is 0.525 e. The lowest BCUT2D eigenvalue weighted by Gasteiger charge is -2.32. The van der Waals surface area contributed by atoms with E-state index in [1.165, 1.54) is 0 Å². The predicted molar refractivity (Wildman–Crippen MR) is 101 cm³/mol. The van der Waals surface area contributed by atoms with E-state index in [9.17, 15) is 0 Å². The van der Waals surface area contributed by atoms with Crippen LogP contribution in [0.3, 0.4) is 0 Å². The number of hydrogen-bond acceptors (Lipinski definition) is 3. The molecule has 2 aromatic carbocycles. The highest BCUT2D eigenvalue weighted by molar-refractivity contribution is 6.55. The van der Waals surface area contributed by atoms with Gasteiger partial charge >= 0.3 is 7.12 Å². The van der Waals surface area contributed by atoms with Crippen LogP contribution in [0.25, 0.3) is 5.57 Å². The van der Waals surface area contributed by atoms with Crippen LogP contribution < -0.4 is 5.73 Å². The van der Waals surface area contributed by atoms with Crippen molar-refractivity contribution in [1.82, 2.24) is 0 Å². The highest BCUT2D eigenvalue weighted by Gasteiger charge is 2.53. The Labute approximate surface area is 148 Å². The van der Waals surface area contributed by atoms with Gasteiger partial charge < -0.3 is 15.0 Å². The molecule has 3 nitrogen and oxygen atoms in total. The first kappa shape index (κ1) is 17.7. The van der Waals surface area contributed by atoms with Crippen molar-refractivity contribution < 1.29 is 13.7 Å². The van der Waals surface area contributed by atoms with Crippen LogP contribution >= 0.6 is 0 Å². The Hall–Kier alpha value is -2.11. The summed E-state index contributed by atoms with van der Waals surface area (Å²) in [6.45, 7) is 7.61. The lowest BCUT2D eigenvalue weighted by atomic mass is 9.80. The Balaban J connectivity index is 2.15. The molecule has 0 amide bonds. The standard InChI is InChI=1S/C20H23BFNO2/c1-19(2)20(3,4)25-21(24-19)18(22)17(14-10-6-5-7-11-14)15-12-8-9-13-16(15)23/h5-13H,23H2,1-4H3. The van der Waals surface area contributed by atoms with E-state index in [1.54, 1.807) is 6.07 Å². The molecule has 0 radical (unpaired) electrons. The molecule has 3 rings (SSSR count). The molecule has 0 spiro atoms. The second kappa shape index (κ2) is 6.32. The van der Waals surface area contributed by atoms with Gasteiger partial charge in [-0.25, -0.2) is 4.39 Å². The maximum absolute atomic E-state index is 15.6. The third-order valence-electron chi connectivity index (χ3n) is 4.99. The van der Waals surface area contributed by atoms with E-state index in [1.807, 2.05) is 76.2 Å². The molecule has 1 fully saturated rings. The Morgan fingerprint density at radius 3 is 1.96 bits per heavy atom. The molecule has 2 aromatic rings. The number of benzene rings is 2. The number of halogens is 1. The van der Waals surface area contributed by atoms with E-state index < -0.39 is 24.0 Å². The summed E-state index contributed by atoms with van der Waals surface area (Å²) in [5.41, 5.74) is 6.69. The molecule has 0 atom stereocenters. The zero-order valence-electron chi connectivity index (χ0n) is 15.0. The normalized spacial score (nSPS) is 19.6. The maximum atomic E-state index is 15.6. The monoisotopic (exact) mass is 339 g/mol. The summed E-state index contributed by atoms with van der Waals surface area (Å²) in [6, 6.07) is 16.6. The van der Waals surface area contributed by atoms with Crippen molar-refractivity contribution >= 4 is 18.4 Å². The van der Waals surface area contributed by atoms with E-state index in [4.69, 9.17) is 15.0 Å². The summed E-state index contributed by atoms with van der Waals surface area (Å²) in [5.74, 6) is 0. The van der Waals surface area contributed by atoms with Crippen LogP contribution in [0.2, 0.25) is 0 Å². The third kappa shape index (κ3) is 3.22. The van der Waals surface area contributed by atoms with Crippen LogP contribution in [0.5, 0.6) is 0 Å². The van der Waals surface area contributed by atoms with Crippen molar-refractivity contribution in [2.45, 2.75) is 38.9 Å². The van der Waals surface area contributed by atoms with Gasteiger partial charge in [-0.15, -0.1) is 0 Å². The minimum Gasteiger partial charge on any atom is -0.398 e. The molecule has 0 bridgehead atoms. The topological polar surface area (TPSA) is 44.5 Å². The molecule has 1 aliphatic heterocycles. The van der Waals surface area contributed by atoms with Gasteiger partial charge in [0.25, 0.3) is 0 Å². The summed E-state index contributed by atoms with van der Waals surface area (Å²) in [4.78, 5) is 0. The predicted octanol–water partition coefficient (Wildman–Crippen LogP) is 4.63. The molecule has 130 valence electrons. The van der Waals surface area contributed by atoms with Crippen molar-refractivity contribution in [3.8, 4) is 0 Å². The van der Waals surface area contributed by atoms with Crippen molar-refractivity contribution in [3.05, 3.63) is 71.5 Å². The van der Waals surface area contributed by atoms with E-state index in [-0.39, 0.29) is 0 Å². The average Bonchev–Trinajstić information content (AvgIpc) is 2.78. The minimum atomic E-state index is -1.07. The van der Waals surface area contributed by atoms with E-state index in [0.29, 0.717) is 16.8 Å². The van der Waals surface area contributed by atoms with Gasteiger partial charge in [-0.05, 0) is 39.3 Å². The van der Waals surface area contributed by atoms with Crippen molar-refractivity contribution in [2.75, 3.05) is 5.73 Å². The van der Waals surface area contributed by atoms with Gasteiger partial charge in [0, 0.05) is 16.8 Å². The molecule has 1 aliphatic rings. The lowest BCUT2D eigenvalue weighted by molar-refractivity contribution is 0.00578. The average molecular weight is 339 g/mol. The van der Waals surface area contributed by atoms with Crippen LogP contribution in [-0.2, 0) is 9.31 Å². The van der Waals surface area contributed by atoms with Crippen molar-refractivity contribution in [3.63, 3.8) is 0 Å². The Morgan fingerprint density at radius 2 is 1.40 bits per heavy atom. The Morgan fingerprint density at radius 1 is 0.880 bits per heavy atom. The van der Waals surface area contributed by atoms with Crippen LogP contribution in [-0.4, -0.2) is 18.3 Å². The van der Waals surface area contributed by atoms with Gasteiger partial charge in [-0.3, -0.25) is 0 Å². The summed E-state index contributed by atoms with van der Waals surface area (Å²) in [7, 11) is -1.07. The van der Waals surface area contributed by atoms with Gasteiger partial charge in [0.2, 0.25) is 0 Å². The fourth-order valence-electron chi connectivity index (χ4n) is 2.82. The van der Waals surface area contributed by atoms with Crippen molar-refractivity contribution in [2.24, 2.45) is 0 Å². The number of hydrogen-bond donors (Lipinski definition) is 1. The fourth-order valence-corrected chi connectivity index (χ4v) is 2.82. The van der Waals surface area contributed by atoms with Gasteiger partial charge in [0.15, 0.2) is 0 Å². The number of rotatable bonds is 3. The van der Waals surface area contributed by atoms with Crippen LogP contribution in [0.4, 0.5) is 10.1 Å². The first-order valence-corrected chi connectivity index (χ1v) is 8.38. The first-order valence-electron chi connectivity index (χ1n) is 8.38. The molecule has 25 heavy (non-hydrogen) atoms. The van der Waals surface area contributed by atoms with Gasteiger partial charge in [-0.2, -0.15) is 0 Å². The molecule has 2 N–H and O–H groups in total. The lowest BCUT2D eigenvalue weighted by Crippen LogP contribution is -2.41. The molecule has 0 unspecified atom stereocenters. The summed E-state index contributed by atoms with van der Waals surface area (Å²) >= 11 is 0. The molecule has 0 saturated carbocycles. The second-order valence-electron chi connectivity index (χ2n) is 7.26. The first-order chi connectivity index (χ1) is 11.7. The van der Waals surface area contributed by atoms with Gasteiger partial charge in [-0.1, -0.05) is 48.5 Å². The van der Waals surface area contributed by atoms with Crippen LogP contribution in [0.15, 0.2) is 60.3 Å². The molecule has 0 aromatic heterocycles. The minimum absolute atomic E-state index is 0.400. The Kier molecular flexibility index (Phi) is 4.48. The summed E-state index contributed by atoms with van der Waals surface area (Å²) in [6.07, 6.45) is 0. The summed E-state index contributed by atoms with van der Waals surface area (Å²) < 4.78 is 27.4. The molecule has 0 aliphatic carbocycles. The van der Waals surface area contributed by atoms with E-state index in [0.717, 1.165) is 5.56 Å². The number of nitrogens with two attached hydrogens (primary N) is 1. The molecular formula is C20H23BFNO2. The fraction of sp³-hybridized carbons (Fsp3) is 0.300. The van der Waals surface area contributed by atoms with Crippen molar-refractivity contribution in [1.29, 1.82) is 0 Å². The zero-order valence-corrected chi connectivity index (χ0v) is 15.0. The highest BCUT2D eigenvalue weighted by atomic mass is 19.1. The number of anilines is 1. The quantitative estimate of drug-likeness (QED) is 0.655. The maximum Gasteiger partial charge on any atom is 0.525 e. The zero-order chi connectivity index (χ0) is 18.2. The molecule has 1 saturated heterocycles. The third-order valence-corrected chi connectivity index (χ3v) is 4.99. The second-order valence-corrected chi connectivity index (χ2v) is 7.26. The summed E-state index contributed by atoms with van der Waals surface area (Å²) in [5, 5.41) is 0. The van der Waals surface area contributed by atoms with E-state index >= 15 is 4.39 Å². The highest BCUT2D eigenvalue weighted by Crippen LogP contribution is 2.41. The molecular weight excluding hydrogens is 316 g/mol.